The molecule has 3 rings (SSSR count). The van der Waals surface area contributed by atoms with Gasteiger partial charge in [0.25, 0.3) is 5.69 Å². The molecule has 2 heterocycles. The summed E-state index contributed by atoms with van der Waals surface area (Å²) in [6.07, 6.45) is 4.25. The summed E-state index contributed by atoms with van der Waals surface area (Å²) in [5.41, 5.74) is 0.525. The van der Waals surface area contributed by atoms with Gasteiger partial charge in [0.05, 0.1) is 28.2 Å². The van der Waals surface area contributed by atoms with Gasteiger partial charge in [0, 0.05) is 32.3 Å². The zero-order valence-electron chi connectivity index (χ0n) is 17.3. The summed E-state index contributed by atoms with van der Waals surface area (Å²) >= 11 is 0. The average molecular weight is 401 g/mol. The van der Waals surface area contributed by atoms with Crippen LogP contribution in [0.15, 0.2) is 24.4 Å². The Balaban J connectivity index is 1.75. The lowest BCUT2D eigenvalue weighted by Crippen LogP contribution is -2.50. The van der Waals surface area contributed by atoms with Crippen molar-refractivity contribution in [1.29, 1.82) is 0 Å². The van der Waals surface area contributed by atoms with Crippen LogP contribution in [0.5, 0.6) is 0 Å². The smallest absolute Gasteiger partial charge is 0.410 e. The normalized spacial score (nSPS) is 17.2. The van der Waals surface area contributed by atoms with E-state index in [-0.39, 0.29) is 17.8 Å². The van der Waals surface area contributed by atoms with Gasteiger partial charge in [0.2, 0.25) is 0 Å². The highest BCUT2D eigenvalue weighted by Crippen LogP contribution is 2.24. The molecule has 1 aliphatic heterocycles. The van der Waals surface area contributed by atoms with Crippen LogP contribution in [0, 0.1) is 10.1 Å². The number of amides is 1. The van der Waals surface area contributed by atoms with Gasteiger partial charge in [-0.25, -0.2) is 9.78 Å². The van der Waals surface area contributed by atoms with Crippen LogP contribution in [0.2, 0.25) is 0 Å². The standard InChI is InChI=1S/C20H27N5O4/c1-20(2,3)29-19(26)24-10-6-5-7-15(24)13-23(4)18-12-21-17-11-14(25(27)28)8-9-16(17)22-18/h8-9,11-12,15H,5-7,10,13H2,1-4H3/t15-/m1/s1. The number of benzene rings is 1. The fraction of sp³-hybridized carbons (Fsp3) is 0.550. The Morgan fingerprint density at radius 3 is 2.79 bits per heavy atom. The van der Waals surface area contributed by atoms with E-state index in [1.165, 1.54) is 12.1 Å². The number of anilines is 1. The van der Waals surface area contributed by atoms with Gasteiger partial charge >= 0.3 is 6.09 Å². The molecule has 0 spiro atoms. The van der Waals surface area contributed by atoms with E-state index in [1.807, 2.05) is 37.6 Å². The number of nitrogens with zero attached hydrogens (tertiary/aromatic N) is 5. The van der Waals surface area contributed by atoms with E-state index in [1.54, 1.807) is 12.3 Å². The van der Waals surface area contributed by atoms with Crippen molar-refractivity contribution in [2.24, 2.45) is 0 Å². The summed E-state index contributed by atoms with van der Waals surface area (Å²) in [5, 5.41) is 10.9. The summed E-state index contributed by atoms with van der Waals surface area (Å²) in [5.74, 6) is 0.654. The lowest BCUT2D eigenvalue weighted by atomic mass is 10.0. The molecule has 1 aromatic carbocycles. The molecule has 1 aliphatic rings. The fourth-order valence-corrected chi connectivity index (χ4v) is 3.45. The highest BCUT2D eigenvalue weighted by molar-refractivity contribution is 5.78. The minimum absolute atomic E-state index is 0.0110. The van der Waals surface area contributed by atoms with Crippen molar-refractivity contribution < 1.29 is 14.5 Å². The first-order valence-corrected chi connectivity index (χ1v) is 9.76. The first-order valence-electron chi connectivity index (χ1n) is 9.76. The van der Waals surface area contributed by atoms with Gasteiger partial charge in [-0.2, -0.15) is 0 Å². The topological polar surface area (TPSA) is 102 Å². The average Bonchev–Trinajstić information content (AvgIpc) is 2.66. The Morgan fingerprint density at radius 2 is 2.10 bits per heavy atom. The Kier molecular flexibility index (Phi) is 5.86. The molecule has 0 unspecified atom stereocenters. The second-order valence-corrected chi connectivity index (χ2v) is 8.36. The van der Waals surface area contributed by atoms with Crippen LogP contribution >= 0.6 is 0 Å². The van der Waals surface area contributed by atoms with Crippen LogP contribution in [-0.4, -0.2) is 57.7 Å². The fourth-order valence-electron chi connectivity index (χ4n) is 3.45. The maximum Gasteiger partial charge on any atom is 0.410 e. The summed E-state index contributed by atoms with van der Waals surface area (Å²) in [4.78, 5) is 35.7. The molecule has 0 aliphatic carbocycles. The van der Waals surface area contributed by atoms with Crippen molar-refractivity contribution in [3.8, 4) is 0 Å². The monoisotopic (exact) mass is 401 g/mol. The predicted molar refractivity (Wildman–Crippen MR) is 110 cm³/mol. The summed E-state index contributed by atoms with van der Waals surface area (Å²) < 4.78 is 5.57. The van der Waals surface area contributed by atoms with Gasteiger partial charge in [0.15, 0.2) is 0 Å². The molecule has 1 amide bonds. The first-order chi connectivity index (χ1) is 13.6. The number of aromatic nitrogens is 2. The summed E-state index contributed by atoms with van der Waals surface area (Å²) in [6.45, 7) is 6.88. The molecule has 0 bridgehead atoms. The van der Waals surface area contributed by atoms with Crippen molar-refractivity contribution in [3.63, 3.8) is 0 Å². The van der Waals surface area contributed by atoms with Crippen LogP contribution in [0.1, 0.15) is 40.0 Å². The van der Waals surface area contributed by atoms with E-state index in [0.29, 0.717) is 29.9 Å². The Bertz CT molecular complexity index is 911. The Hall–Kier alpha value is -2.97. The van der Waals surface area contributed by atoms with Gasteiger partial charge in [-0.05, 0) is 46.1 Å². The number of non-ortho nitro benzene ring substituents is 1. The zero-order chi connectivity index (χ0) is 21.2. The number of rotatable bonds is 4. The zero-order valence-corrected chi connectivity index (χ0v) is 17.3. The number of hydrogen-bond acceptors (Lipinski definition) is 7. The number of fused-ring (bicyclic) bond motifs is 1. The van der Waals surface area contributed by atoms with Crippen LogP contribution in [-0.2, 0) is 4.74 Å². The molecule has 156 valence electrons. The van der Waals surface area contributed by atoms with Crippen LogP contribution in [0.3, 0.4) is 0 Å². The molecule has 1 aromatic heterocycles. The lowest BCUT2D eigenvalue weighted by molar-refractivity contribution is -0.384. The number of hydrogen-bond donors (Lipinski definition) is 0. The number of ether oxygens (including phenoxy) is 1. The number of piperidine rings is 1. The van der Waals surface area contributed by atoms with E-state index in [9.17, 15) is 14.9 Å². The third-order valence-corrected chi connectivity index (χ3v) is 4.85. The molecule has 1 fully saturated rings. The van der Waals surface area contributed by atoms with Crippen LogP contribution in [0.25, 0.3) is 11.0 Å². The van der Waals surface area contributed by atoms with Crippen molar-refractivity contribution in [1.82, 2.24) is 14.9 Å². The molecular weight excluding hydrogens is 374 g/mol. The first kappa shape index (κ1) is 20.8. The van der Waals surface area contributed by atoms with Crippen LogP contribution in [0.4, 0.5) is 16.3 Å². The molecule has 2 aromatic rings. The van der Waals surface area contributed by atoms with Gasteiger partial charge < -0.3 is 14.5 Å². The molecule has 29 heavy (non-hydrogen) atoms. The van der Waals surface area contributed by atoms with Crippen molar-refractivity contribution in [2.75, 3.05) is 25.0 Å². The highest BCUT2D eigenvalue weighted by atomic mass is 16.6. The second kappa shape index (κ2) is 8.18. The molecule has 0 N–H and O–H groups in total. The number of likely N-dealkylation sites (N-methyl/N-ethyl adjacent to an activating group) is 1. The minimum atomic E-state index is -0.530. The van der Waals surface area contributed by atoms with Gasteiger partial charge in [-0.1, -0.05) is 0 Å². The van der Waals surface area contributed by atoms with E-state index in [0.717, 1.165) is 19.3 Å². The Morgan fingerprint density at radius 1 is 1.34 bits per heavy atom. The van der Waals surface area contributed by atoms with Crippen molar-refractivity contribution >= 4 is 28.6 Å². The molecule has 0 radical (unpaired) electrons. The Labute approximate surface area is 169 Å². The third-order valence-electron chi connectivity index (χ3n) is 4.85. The number of carbonyl (C=O) groups excluding carboxylic acids is 1. The highest BCUT2D eigenvalue weighted by Gasteiger charge is 2.31. The lowest BCUT2D eigenvalue weighted by Gasteiger charge is -2.38. The predicted octanol–water partition coefficient (Wildman–Crippen LogP) is 3.76. The van der Waals surface area contributed by atoms with E-state index in [4.69, 9.17) is 4.74 Å². The second-order valence-electron chi connectivity index (χ2n) is 8.36. The number of nitro groups is 1. The molecule has 9 nitrogen and oxygen atoms in total. The SMILES string of the molecule is CN(C[C@H]1CCCCN1C(=O)OC(C)(C)C)c1cnc2cc([N+](=O)[O-])ccc2n1. The summed E-state index contributed by atoms with van der Waals surface area (Å²) in [6, 6.07) is 4.47. The van der Waals surface area contributed by atoms with Crippen molar-refractivity contribution in [3.05, 3.63) is 34.5 Å². The molecule has 1 saturated heterocycles. The van der Waals surface area contributed by atoms with Crippen LogP contribution < -0.4 is 4.90 Å². The van der Waals surface area contributed by atoms with Gasteiger partial charge in [0.1, 0.15) is 11.4 Å². The number of likely N-dealkylation sites (tertiary alicyclic amines) is 1. The number of carbonyl (C=O) groups is 1. The molecule has 1 atom stereocenters. The van der Waals surface area contributed by atoms with Gasteiger partial charge in [-0.15, -0.1) is 0 Å². The largest absolute Gasteiger partial charge is 0.444 e. The molecule has 0 saturated carbocycles. The molecule has 9 heteroatoms. The third kappa shape index (κ3) is 5.10. The van der Waals surface area contributed by atoms with Gasteiger partial charge in [-0.3, -0.25) is 15.1 Å². The van der Waals surface area contributed by atoms with E-state index in [2.05, 4.69) is 9.97 Å². The summed E-state index contributed by atoms with van der Waals surface area (Å²) in [7, 11) is 1.91. The quantitative estimate of drug-likeness (QED) is 0.568. The maximum atomic E-state index is 12.6. The van der Waals surface area contributed by atoms with E-state index < -0.39 is 10.5 Å². The molecular formula is C20H27N5O4. The number of nitro benzene ring substituents is 1. The maximum absolute atomic E-state index is 12.6. The minimum Gasteiger partial charge on any atom is -0.444 e. The van der Waals surface area contributed by atoms with Crippen molar-refractivity contribution in [2.45, 2.75) is 51.7 Å². The van der Waals surface area contributed by atoms with E-state index >= 15 is 0 Å².